The van der Waals surface area contributed by atoms with E-state index in [1.165, 1.54) is 12.0 Å². The third-order valence-corrected chi connectivity index (χ3v) is 4.80. The van der Waals surface area contributed by atoms with Crippen LogP contribution in [0.4, 0.5) is 0 Å². The highest BCUT2D eigenvalue weighted by molar-refractivity contribution is 5.38. The van der Waals surface area contributed by atoms with Gasteiger partial charge in [0, 0.05) is 30.8 Å². The van der Waals surface area contributed by atoms with Crippen molar-refractivity contribution in [1.29, 1.82) is 0 Å². The summed E-state index contributed by atoms with van der Waals surface area (Å²) in [6.45, 7) is 3.04. The van der Waals surface area contributed by atoms with Crippen LogP contribution in [0.2, 0.25) is 0 Å². The van der Waals surface area contributed by atoms with E-state index in [0.717, 1.165) is 43.3 Å². The molecule has 1 fully saturated rings. The maximum atomic E-state index is 5.49. The van der Waals surface area contributed by atoms with E-state index in [1.54, 1.807) is 7.11 Å². The molecule has 2 aromatic heterocycles. The minimum Gasteiger partial charge on any atom is -0.496 e. The number of para-hydroxylation sites is 1. The topological polar surface area (TPSA) is 42.7 Å². The van der Waals surface area contributed by atoms with E-state index >= 15 is 0 Å². The summed E-state index contributed by atoms with van der Waals surface area (Å²) in [6.07, 6.45) is 4.41. The number of nitrogens with zero attached hydrogens (tertiary/aromatic N) is 4. The van der Waals surface area contributed by atoms with Crippen LogP contribution in [0.25, 0.3) is 5.65 Å². The van der Waals surface area contributed by atoms with Gasteiger partial charge in [0.25, 0.3) is 0 Å². The summed E-state index contributed by atoms with van der Waals surface area (Å²) in [5.41, 5.74) is 2.17. The molecule has 0 aliphatic carbocycles. The van der Waals surface area contributed by atoms with Gasteiger partial charge in [0.05, 0.1) is 7.11 Å². The molecule has 0 saturated carbocycles. The number of hydrogen-bond acceptors (Lipinski definition) is 4. The molecule has 1 saturated heterocycles. The fraction of sp³-hybridized carbons (Fsp3) is 0.368. The second kappa shape index (κ2) is 6.61. The fourth-order valence-corrected chi connectivity index (χ4v) is 3.62. The molecule has 0 spiro atoms. The highest BCUT2D eigenvalue weighted by Crippen LogP contribution is 2.28. The Kier molecular flexibility index (Phi) is 4.17. The van der Waals surface area contributed by atoms with Crippen molar-refractivity contribution < 1.29 is 4.74 Å². The molecule has 3 aromatic rings. The third kappa shape index (κ3) is 2.87. The lowest BCUT2D eigenvalue weighted by molar-refractivity contribution is 0.194. The highest BCUT2D eigenvalue weighted by Gasteiger charge is 2.25. The van der Waals surface area contributed by atoms with Gasteiger partial charge in [-0.1, -0.05) is 24.3 Å². The molecule has 1 aliphatic rings. The van der Waals surface area contributed by atoms with Crippen LogP contribution in [-0.4, -0.2) is 39.7 Å². The molecule has 1 aromatic carbocycles. The normalized spacial score (nSPS) is 18.8. The Morgan fingerprint density at radius 2 is 2.00 bits per heavy atom. The second-order valence-electron chi connectivity index (χ2n) is 6.37. The van der Waals surface area contributed by atoms with Crippen molar-refractivity contribution in [3.05, 3.63) is 60.0 Å². The van der Waals surface area contributed by atoms with Crippen molar-refractivity contribution >= 4 is 5.65 Å². The Hall–Kier alpha value is -2.40. The van der Waals surface area contributed by atoms with Crippen LogP contribution in [-0.2, 0) is 6.54 Å². The fourth-order valence-electron chi connectivity index (χ4n) is 3.62. The Morgan fingerprint density at radius 1 is 1.12 bits per heavy atom. The molecule has 5 nitrogen and oxygen atoms in total. The number of likely N-dealkylation sites (tertiary alicyclic amines) is 1. The number of aromatic nitrogens is 3. The predicted octanol–water partition coefficient (Wildman–Crippen LogP) is 3.12. The monoisotopic (exact) mass is 322 g/mol. The van der Waals surface area contributed by atoms with Crippen molar-refractivity contribution in [2.45, 2.75) is 25.3 Å². The summed E-state index contributed by atoms with van der Waals surface area (Å²) in [7, 11) is 1.74. The van der Waals surface area contributed by atoms with Gasteiger partial charge >= 0.3 is 0 Å². The molecular formula is C19H22N4O. The summed E-state index contributed by atoms with van der Waals surface area (Å²) >= 11 is 0. The number of ether oxygens (including phenoxy) is 1. The number of hydrogen-bond donors (Lipinski definition) is 0. The van der Waals surface area contributed by atoms with Crippen LogP contribution in [0.15, 0.2) is 48.7 Å². The van der Waals surface area contributed by atoms with E-state index in [2.05, 4.69) is 37.8 Å². The molecule has 1 atom stereocenters. The number of pyridine rings is 1. The number of benzene rings is 1. The van der Waals surface area contributed by atoms with Crippen LogP contribution >= 0.6 is 0 Å². The molecule has 0 bridgehead atoms. The number of piperidine rings is 1. The summed E-state index contributed by atoms with van der Waals surface area (Å²) in [4.78, 5) is 2.50. The maximum Gasteiger partial charge on any atom is 0.160 e. The van der Waals surface area contributed by atoms with Crippen LogP contribution in [0.5, 0.6) is 5.75 Å². The molecule has 3 heterocycles. The molecule has 1 aliphatic heterocycles. The van der Waals surface area contributed by atoms with E-state index in [4.69, 9.17) is 4.74 Å². The third-order valence-electron chi connectivity index (χ3n) is 4.80. The van der Waals surface area contributed by atoms with Crippen LogP contribution < -0.4 is 4.74 Å². The summed E-state index contributed by atoms with van der Waals surface area (Å²) in [6, 6.07) is 14.3. The van der Waals surface area contributed by atoms with Gasteiger partial charge in [-0.25, -0.2) is 0 Å². The Balaban J connectivity index is 1.53. The van der Waals surface area contributed by atoms with Crippen molar-refractivity contribution in [2.24, 2.45) is 0 Å². The Labute approximate surface area is 141 Å². The highest BCUT2D eigenvalue weighted by atomic mass is 16.5. The number of methoxy groups -OCH3 is 1. The summed E-state index contributed by atoms with van der Waals surface area (Å²) < 4.78 is 7.61. The molecule has 0 amide bonds. The van der Waals surface area contributed by atoms with Crippen molar-refractivity contribution in [1.82, 2.24) is 19.5 Å². The predicted molar refractivity (Wildman–Crippen MR) is 93.2 cm³/mol. The van der Waals surface area contributed by atoms with E-state index in [0.29, 0.717) is 5.92 Å². The lowest BCUT2D eigenvalue weighted by atomic mass is 9.96. The zero-order valence-electron chi connectivity index (χ0n) is 13.9. The molecule has 0 radical (unpaired) electrons. The zero-order chi connectivity index (χ0) is 16.4. The minimum absolute atomic E-state index is 0.422. The van der Waals surface area contributed by atoms with Crippen molar-refractivity contribution in [3.63, 3.8) is 0 Å². The van der Waals surface area contributed by atoms with Crippen LogP contribution in [0.1, 0.15) is 30.1 Å². The molecule has 4 rings (SSSR count). The van der Waals surface area contributed by atoms with E-state index in [9.17, 15) is 0 Å². The largest absolute Gasteiger partial charge is 0.496 e. The van der Waals surface area contributed by atoms with E-state index < -0.39 is 0 Å². The van der Waals surface area contributed by atoms with Crippen molar-refractivity contribution in [3.8, 4) is 5.75 Å². The Bertz CT molecular complexity index is 829. The maximum absolute atomic E-state index is 5.49. The molecular weight excluding hydrogens is 300 g/mol. The molecule has 124 valence electrons. The van der Waals surface area contributed by atoms with E-state index in [1.807, 2.05) is 30.3 Å². The van der Waals surface area contributed by atoms with Crippen LogP contribution in [0.3, 0.4) is 0 Å². The van der Waals surface area contributed by atoms with Crippen molar-refractivity contribution in [2.75, 3.05) is 20.2 Å². The minimum atomic E-state index is 0.422. The number of fused-ring (bicyclic) bond motifs is 1. The lowest BCUT2D eigenvalue weighted by Gasteiger charge is -2.32. The smallest absolute Gasteiger partial charge is 0.160 e. The van der Waals surface area contributed by atoms with Gasteiger partial charge in [0.1, 0.15) is 11.6 Å². The first-order valence-electron chi connectivity index (χ1n) is 8.49. The SMILES string of the molecule is COc1ccccc1CN1CCCC(c2nnc3ccccn23)C1. The van der Waals surface area contributed by atoms with Crippen LogP contribution in [0, 0.1) is 0 Å². The van der Waals surface area contributed by atoms with Gasteiger partial charge in [0.2, 0.25) is 0 Å². The van der Waals surface area contributed by atoms with Gasteiger partial charge in [-0.05, 0) is 37.6 Å². The van der Waals surface area contributed by atoms with Gasteiger partial charge in [-0.2, -0.15) is 0 Å². The van der Waals surface area contributed by atoms with Gasteiger partial charge < -0.3 is 4.74 Å². The molecule has 24 heavy (non-hydrogen) atoms. The van der Waals surface area contributed by atoms with E-state index in [-0.39, 0.29) is 0 Å². The Morgan fingerprint density at radius 3 is 2.92 bits per heavy atom. The quantitative estimate of drug-likeness (QED) is 0.740. The lowest BCUT2D eigenvalue weighted by Crippen LogP contribution is -2.34. The summed E-state index contributed by atoms with van der Waals surface area (Å²) in [5, 5.41) is 8.76. The van der Waals surface area contributed by atoms with Gasteiger partial charge in [-0.15, -0.1) is 10.2 Å². The van der Waals surface area contributed by atoms with Gasteiger partial charge in [0.15, 0.2) is 5.65 Å². The first-order valence-corrected chi connectivity index (χ1v) is 8.49. The molecule has 0 N–H and O–H groups in total. The zero-order valence-corrected chi connectivity index (χ0v) is 13.9. The number of rotatable bonds is 4. The summed E-state index contributed by atoms with van der Waals surface area (Å²) in [5.74, 6) is 2.47. The first kappa shape index (κ1) is 15.1. The molecule has 1 unspecified atom stereocenters. The second-order valence-corrected chi connectivity index (χ2v) is 6.37. The first-order chi connectivity index (χ1) is 11.8. The molecule has 5 heteroatoms. The average Bonchev–Trinajstić information content (AvgIpc) is 3.06. The average molecular weight is 322 g/mol. The van der Waals surface area contributed by atoms with Gasteiger partial charge in [-0.3, -0.25) is 9.30 Å². The standard InChI is InChI=1S/C19H22N4O/c1-24-17-9-3-2-7-15(17)13-22-11-6-8-16(14-22)19-21-20-18-10-4-5-12-23(18)19/h2-5,7,9-10,12,16H,6,8,11,13-14H2,1H3.